The van der Waals surface area contributed by atoms with Gasteiger partial charge in [-0.05, 0) is 73.9 Å². The summed E-state index contributed by atoms with van der Waals surface area (Å²) in [5.74, 6) is 4.99. The molecule has 0 aliphatic carbocycles. The van der Waals surface area contributed by atoms with Crippen LogP contribution in [0, 0.1) is 20.8 Å². The lowest BCUT2D eigenvalue weighted by Gasteiger charge is -2.41. The minimum atomic E-state index is -1.24. The predicted octanol–water partition coefficient (Wildman–Crippen LogP) is 6.60. The number of benzene rings is 3. The smallest absolute Gasteiger partial charge is 0.186 e. The third-order valence-corrected chi connectivity index (χ3v) is 23.1. The average Bonchev–Trinajstić information content (AvgIpc) is 0.891. The second-order valence-corrected chi connectivity index (χ2v) is 31.6. The molecule has 3 aliphatic heterocycles. The van der Waals surface area contributed by atoms with Gasteiger partial charge in [-0.2, -0.15) is 35.3 Å². The summed E-state index contributed by atoms with van der Waals surface area (Å²) in [4.78, 5) is 2.60. The number of thioether (sulfide) groups is 3. The van der Waals surface area contributed by atoms with E-state index in [1.54, 1.807) is 0 Å². The number of hydrogen-bond donors (Lipinski definition) is 6. The van der Waals surface area contributed by atoms with E-state index in [-0.39, 0.29) is 59.5 Å². The Morgan fingerprint density at radius 3 is 0.852 bits per heavy atom. The third kappa shape index (κ3) is 31.8. The number of aliphatic hydroxyl groups is 6. The number of aromatic nitrogens is 3. The quantitative estimate of drug-likeness (QED) is 0.0219. The normalized spacial score (nSPS) is 23.9. The maximum atomic E-state index is 11.0. The van der Waals surface area contributed by atoms with Gasteiger partial charge in [0, 0.05) is 129 Å². The van der Waals surface area contributed by atoms with Crippen molar-refractivity contribution < 1.29 is 116 Å². The lowest BCUT2D eigenvalue weighted by Crippen LogP contribution is -2.60. The molecule has 6 heterocycles. The van der Waals surface area contributed by atoms with Crippen molar-refractivity contribution in [2.45, 2.75) is 170 Å². The minimum Gasteiger partial charge on any atom is -0.387 e. The zero-order chi connectivity index (χ0) is 81.2. The SMILES string of the molecule is CO[C@H]1O[C@H](COCc2ccccc2)[C@@H](O)[C@H](O)[C@H]1OCCOCCOCCSCc1ccc(C)n1CCN(CCn1c(C)ccc1CSCCOCCOCCO[C@H]1[C@@H](OC)O[C@H](COCc2ccccc2)[C@@H](O)[C@@H]1O)CCn1c(C)ccc1CSCCOCCOCCO[C@H]1[C@@H](OC)O[C@H](COCc2ccccc2)[C@@H](O)[C@@H]1O. The molecule has 6 aromatic rings. The van der Waals surface area contributed by atoms with E-state index in [4.69, 9.17) is 85.3 Å². The molecular formula is C84H126N4O24S3. The molecule has 3 aliphatic rings. The zero-order valence-electron chi connectivity index (χ0n) is 67.7. The van der Waals surface area contributed by atoms with Crippen LogP contribution < -0.4 is 0 Å². The fourth-order valence-electron chi connectivity index (χ4n) is 13.7. The first-order valence-corrected chi connectivity index (χ1v) is 43.4. The molecule has 31 heteroatoms. The number of aryl methyl sites for hydroxylation is 3. The van der Waals surface area contributed by atoms with E-state index in [0.29, 0.717) is 79.3 Å². The fraction of sp³-hybridized carbons (Fsp3) is 0.643. The Balaban J connectivity index is 0.672. The summed E-state index contributed by atoms with van der Waals surface area (Å²) in [7, 11) is 4.41. The lowest BCUT2D eigenvalue weighted by molar-refractivity contribution is -0.306. The molecule has 644 valence electrons. The van der Waals surface area contributed by atoms with Gasteiger partial charge in [0.1, 0.15) is 73.2 Å². The molecule has 28 nitrogen and oxygen atoms in total. The Hall–Kier alpha value is -4.45. The van der Waals surface area contributed by atoms with Gasteiger partial charge in [0.15, 0.2) is 18.9 Å². The van der Waals surface area contributed by atoms with E-state index in [2.05, 4.69) is 75.8 Å². The maximum Gasteiger partial charge on any atom is 0.186 e. The first-order valence-electron chi connectivity index (χ1n) is 39.9. The number of ether oxygens (including phenoxy) is 18. The van der Waals surface area contributed by atoms with E-state index in [1.807, 2.05) is 126 Å². The Bertz CT molecular complexity index is 3140. The predicted molar refractivity (Wildman–Crippen MR) is 438 cm³/mol. The summed E-state index contributed by atoms with van der Waals surface area (Å²) in [5, 5.41) is 65.4. The Morgan fingerprint density at radius 1 is 0.322 bits per heavy atom. The Labute approximate surface area is 691 Å². The summed E-state index contributed by atoms with van der Waals surface area (Å²) < 4.78 is 112. The first-order chi connectivity index (χ1) is 56.2. The van der Waals surface area contributed by atoms with Crippen molar-refractivity contribution >= 4 is 35.3 Å². The molecule has 3 fully saturated rings. The van der Waals surface area contributed by atoms with Crippen LogP contribution in [0.3, 0.4) is 0 Å². The highest BCUT2D eigenvalue weighted by Crippen LogP contribution is 2.29. The molecule has 6 N–H and O–H groups in total. The highest BCUT2D eigenvalue weighted by molar-refractivity contribution is 7.98. The molecule has 3 aromatic heterocycles. The van der Waals surface area contributed by atoms with Gasteiger partial charge in [-0.3, -0.25) is 4.90 Å². The summed E-state index contributed by atoms with van der Waals surface area (Å²) >= 11 is 5.53. The third-order valence-electron chi connectivity index (χ3n) is 20.2. The zero-order valence-corrected chi connectivity index (χ0v) is 70.1. The van der Waals surface area contributed by atoms with Crippen LogP contribution in [0.1, 0.15) is 50.9 Å². The highest BCUT2D eigenvalue weighted by atomic mass is 32.2. The fourth-order valence-corrected chi connectivity index (χ4v) is 16.2. The van der Waals surface area contributed by atoms with Crippen LogP contribution in [-0.2, 0) is 142 Å². The molecule has 0 unspecified atom stereocenters. The van der Waals surface area contributed by atoms with Crippen molar-refractivity contribution in [2.75, 3.05) is 177 Å². The summed E-state index contributed by atoms with van der Waals surface area (Å²) in [5.41, 5.74) is 10.5. The van der Waals surface area contributed by atoms with Crippen LogP contribution >= 0.6 is 35.3 Å². The van der Waals surface area contributed by atoms with Crippen molar-refractivity contribution in [1.29, 1.82) is 0 Å². The van der Waals surface area contributed by atoms with Gasteiger partial charge in [0.2, 0.25) is 0 Å². The van der Waals surface area contributed by atoms with Crippen molar-refractivity contribution in [3.63, 3.8) is 0 Å². The van der Waals surface area contributed by atoms with Gasteiger partial charge in [0.05, 0.1) is 139 Å². The summed E-state index contributed by atoms with van der Waals surface area (Å²) in [6.45, 7) is 18.3. The van der Waals surface area contributed by atoms with E-state index in [9.17, 15) is 30.6 Å². The summed E-state index contributed by atoms with van der Waals surface area (Å²) in [6.07, 6.45) is -15.2. The monoisotopic (exact) mass is 1670 g/mol. The van der Waals surface area contributed by atoms with E-state index < -0.39 is 92.1 Å². The summed E-state index contributed by atoms with van der Waals surface area (Å²) in [6, 6.07) is 42.4. The van der Waals surface area contributed by atoms with Crippen molar-refractivity contribution in [3.8, 4) is 0 Å². The molecule has 0 saturated carbocycles. The first kappa shape index (κ1) is 94.4. The van der Waals surface area contributed by atoms with Gasteiger partial charge in [0.25, 0.3) is 0 Å². The number of aliphatic hydroxyl groups excluding tert-OH is 6. The minimum absolute atomic E-state index is 0.0779. The molecule has 0 radical (unpaired) electrons. The van der Waals surface area contributed by atoms with E-state index >= 15 is 0 Å². The van der Waals surface area contributed by atoms with Gasteiger partial charge in [-0.1, -0.05) is 91.0 Å². The van der Waals surface area contributed by atoms with Crippen LogP contribution in [0.15, 0.2) is 127 Å². The molecule has 15 atom stereocenters. The molecule has 3 saturated heterocycles. The molecule has 3 aromatic carbocycles. The van der Waals surface area contributed by atoms with Crippen LogP contribution in [0.4, 0.5) is 0 Å². The molecule has 9 rings (SSSR count). The second kappa shape index (κ2) is 54.0. The van der Waals surface area contributed by atoms with Crippen molar-refractivity contribution in [2.24, 2.45) is 0 Å². The van der Waals surface area contributed by atoms with Gasteiger partial charge >= 0.3 is 0 Å². The Morgan fingerprint density at radius 2 is 0.583 bits per heavy atom. The number of rotatable bonds is 60. The molecule has 0 spiro atoms. The van der Waals surface area contributed by atoms with E-state index in [1.165, 1.54) is 55.5 Å². The molecule has 0 bridgehead atoms. The molecular weight excluding hydrogens is 1550 g/mol. The number of hydrogen-bond acceptors (Lipinski definition) is 28. The average molecular weight is 1670 g/mol. The number of nitrogens with zero attached hydrogens (tertiary/aromatic N) is 4. The van der Waals surface area contributed by atoms with Gasteiger partial charge in [-0.25, -0.2) is 0 Å². The lowest BCUT2D eigenvalue weighted by atomic mass is 9.99. The molecule has 115 heavy (non-hydrogen) atoms. The topological polar surface area (TPSA) is 306 Å². The van der Waals surface area contributed by atoms with Gasteiger partial charge < -0.3 is 130 Å². The highest BCUT2D eigenvalue weighted by Gasteiger charge is 2.48. The van der Waals surface area contributed by atoms with Crippen molar-refractivity contribution in [1.82, 2.24) is 18.6 Å². The number of methoxy groups -OCH3 is 3. The van der Waals surface area contributed by atoms with E-state index in [0.717, 1.165) is 90.5 Å². The van der Waals surface area contributed by atoms with Crippen molar-refractivity contribution in [3.05, 3.63) is 178 Å². The van der Waals surface area contributed by atoms with Crippen LogP contribution in [0.25, 0.3) is 0 Å². The Kier molecular flexibility index (Phi) is 44.4. The van der Waals surface area contributed by atoms with Crippen LogP contribution in [-0.4, -0.2) is 319 Å². The largest absolute Gasteiger partial charge is 0.387 e. The van der Waals surface area contributed by atoms with Gasteiger partial charge in [-0.15, -0.1) is 0 Å². The van der Waals surface area contributed by atoms with Crippen LogP contribution in [0.5, 0.6) is 0 Å². The second-order valence-electron chi connectivity index (χ2n) is 28.3. The standard InChI is InChI=1S/C84H126N4O24S3/c1-61-22-25-67(58-113-49-46-101-37-34-98-40-43-107-79-76(92)73(89)70(110-82(79)95-4)55-104-52-64-16-10-7-11-17-64)86(61)31-28-85(29-32-87-62(2)23-26-68(87)59-114-50-47-102-38-35-99-41-44-108-80-77(93)74(90)71(111-83(80)96-5)56-105-53-65-18-12-8-13-19-65)30-33-88-63(3)24-27-69(88)60-115-51-48-103-39-36-100-42-45-109-81-78(94)75(91)72(112-84(81)97-6)57-106-54-66-20-14-9-15-21-66/h7-27,70-84,89-94H,28-60H2,1-6H3/t70-,71-,72-,73-,74-,75-,76+,77+,78+,79-,80-,81-,82+,83+,84+/m1/s1. The molecule has 0 amide bonds. The van der Waals surface area contributed by atoms with Crippen LogP contribution in [0.2, 0.25) is 0 Å². The maximum absolute atomic E-state index is 11.0.